The summed E-state index contributed by atoms with van der Waals surface area (Å²) in [5.41, 5.74) is 11.3. The number of hydrogen-bond donors (Lipinski definition) is 0. The Morgan fingerprint density at radius 1 is 0.467 bits per heavy atom. The first-order chi connectivity index (χ1) is 22.1. The summed E-state index contributed by atoms with van der Waals surface area (Å²) in [6.45, 7) is 4.72. The molecule has 0 fully saturated rings. The van der Waals surface area contributed by atoms with Crippen LogP contribution in [0.15, 0.2) is 152 Å². The zero-order chi connectivity index (χ0) is 30.1. The molecule has 0 aliphatic heterocycles. The summed E-state index contributed by atoms with van der Waals surface area (Å²) < 4.78 is 2.61. The molecule has 0 radical (unpaired) electrons. The molecule has 1 nitrogen and oxygen atoms in total. The number of nitrogens with zero attached hydrogens (tertiary/aromatic N) is 1. The van der Waals surface area contributed by atoms with Crippen LogP contribution in [0.1, 0.15) is 25.0 Å². The molecule has 0 spiro atoms. The Morgan fingerprint density at radius 3 is 2.04 bits per heavy atom. The number of anilines is 3. The number of thiophene rings is 1. The minimum atomic E-state index is -0.0886. The van der Waals surface area contributed by atoms with E-state index < -0.39 is 0 Å². The van der Waals surface area contributed by atoms with Crippen molar-refractivity contribution < 1.29 is 0 Å². The van der Waals surface area contributed by atoms with Gasteiger partial charge < -0.3 is 4.90 Å². The van der Waals surface area contributed by atoms with Gasteiger partial charge in [-0.25, -0.2) is 0 Å². The van der Waals surface area contributed by atoms with Gasteiger partial charge in [0.15, 0.2) is 0 Å². The molecule has 0 bridgehead atoms. The van der Waals surface area contributed by atoms with Gasteiger partial charge in [0, 0.05) is 42.5 Å². The van der Waals surface area contributed by atoms with Crippen LogP contribution in [0.5, 0.6) is 0 Å². The lowest BCUT2D eigenvalue weighted by Crippen LogP contribution is -2.17. The fraction of sp³-hybridized carbons (Fsp3) is 0.0698. The van der Waals surface area contributed by atoms with E-state index in [2.05, 4.69) is 170 Å². The smallest absolute Gasteiger partial charge is 0.0554 e. The van der Waals surface area contributed by atoms with Gasteiger partial charge in [0.05, 0.1) is 5.69 Å². The standard InChI is InChI=1S/C43H31NS/c1-43(2)38-18-10-8-16-33(38)34-23-22-32(25-39(34)43)44(31-21-20-28-12-6-7-15-30(28)24-31)40-27-42-37(35-17-9-11-19-41(35)45-42)26-36(40)29-13-4-3-5-14-29/h3-27H,1-2H3. The van der Waals surface area contributed by atoms with E-state index in [9.17, 15) is 0 Å². The van der Waals surface area contributed by atoms with E-state index in [0.717, 1.165) is 5.69 Å². The van der Waals surface area contributed by atoms with Gasteiger partial charge in [-0.05, 0) is 81.1 Å². The first kappa shape index (κ1) is 26.2. The molecule has 45 heavy (non-hydrogen) atoms. The molecule has 1 aromatic heterocycles. The van der Waals surface area contributed by atoms with Gasteiger partial charge in [-0.2, -0.15) is 0 Å². The van der Waals surface area contributed by atoms with Gasteiger partial charge in [-0.15, -0.1) is 11.3 Å². The van der Waals surface area contributed by atoms with Crippen LogP contribution in [0.25, 0.3) is 53.2 Å². The van der Waals surface area contributed by atoms with Crippen molar-refractivity contribution in [2.75, 3.05) is 4.90 Å². The summed E-state index contributed by atoms with van der Waals surface area (Å²) in [6.07, 6.45) is 0. The predicted octanol–water partition coefficient (Wildman–Crippen LogP) is 12.7. The van der Waals surface area contributed by atoms with E-state index in [-0.39, 0.29) is 5.41 Å². The van der Waals surface area contributed by atoms with Crippen LogP contribution >= 0.6 is 11.3 Å². The number of hydrogen-bond acceptors (Lipinski definition) is 2. The molecule has 0 amide bonds. The molecule has 0 saturated carbocycles. The maximum absolute atomic E-state index is 2.48. The predicted molar refractivity (Wildman–Crippen MR) is 195 cm³/mol. The highest BCUT2D eigenvalue weighted by molar-refractivity contribution is 7.25. The first-order valence-electron chi connectivity index (χ1n) is 15.6. The molecular weight excluding hydrogens is 563 g/mol. The molecule has 7 aromatic carbocycles. The Balaban J connectivity index is 1.35. The van der Waals surface area contributed by atoms with Crippen LogP contribution < -0.4 is 4.90 Å². The van der Waals surface area contributed by atoms with Gasteiger partial charge in [0.25, 0.3) is 0 Å². The molecule has 1 heterocycles. The van der Waals surface area contributed by atoms with Crippen molar-refractivity contribution in [2.45, 2.75) is 19.3 Å². The molecule has 0 saturated heterocycles. The summed E-state index contributed by atoms with van der Waals surface area (Å²) in [5, 5.41) is 5.10. The molecule has 8 aromatic rings. The zero-order valence-electron chi connectivity index (χ0n) is 25.3. The van der Waals surface area contributed by atoms with Gasteiger partial charge in [-0.3, -0.25) is 0 Å². The van der Waals surface area contributed by atoms with Gasteiger partial charge in [-0.1, -0.05) is 123 Å². The fourth-order valence-electron chi connectivity index (χ4n) is 7.37. The number of benzene rings is 7. The summed E-state index contributed by atoms with van der Waals surface area (Å²) in [5.74, 6) is 0. The van der Waals surface area contributed by atoms with E-state index in [0.29, 0.717) is 0 Å². The Hall–Kier alpha value is -5.18. The maximum atomic E-state index is 2.48. The topological polar surface area (TPSA) is 3.24 Å². The van der Waals surface area contributed by atoms with Gasteiger partial charge in [0.1, 0.15) is 0 Å². The van der Waals surface area contributed by atoms with Crippen molar-refractivity contribution in [3.05, 3.63) is 163 Å². The SMILES string of the molecule is CC1(C)c2ccccc2-c2ccc(N(c3ccc4ccccc4c3)c3cc4sc5ccccc5c4cc3-c3ccccc3)cc21. The Morgan fingerprint density at radius 2 is 1.16 bits per heavy atom. The average molecular weight is 594 g/mol. The summed E-state index contributed by atoms with van der Waals surface area (Å²) in [6, 6.07) is 56.0. The molecular formula is C43H31NS. The second-order valence-electron chi connectivity index (χ2n) is 12.6. The minimum absolute atomic E-state index is 0.0886. The van der Waals surface area contributed by atoms with Crippen LogP contribution in [0, 0.1) is 0 Å². The normalized spacial score (nSPS) is 13.3. The Bertz CT molecular complexity index is 2410. The average Bonchev–Trinajstić information content (AvgIpc) is 3.56. The third-order valence-corrected chi connectivity index (χ3v) is 10.8. The van der Waals surface area contributed by atoms with Crippen LogP contribution in [0.4, 0.5) is 17.1 Å². The van der Waals surface area contributed by atoms with Gasteiger partial charge >= 0.3 is 0 Å². The van der Waals surface area contributed by atoms with Crippen LogP contribution in [-0.2, 0) is 5.41 Å². The molecule has 1 aliphatic carbocycles. The molecule has 0 N–H and O–H groups in total. The lowest BCUT2D eigenvalue weighted by molar-refractivity contribution is 0.660. The minimum Gasteiger partial charge on any atom is -0.310 e. The number of rotatable bonds is 4. The van der Waals surface area contributed by atoms with E-state index in [4.69, 9.17) is 0 Å². The van der Waals surface area contributed by atoms with Crippen molar-refractivity contribution >= 4 is 59.3 Å². The summed E-state index contributed by atoms with van der Waals surface area (Å²) in [7, 11) is 0. The molecule has 214 valence electrons. The third kappa shape index (κ3) is 4.06. The highest BCUT2D eigenvalue weighted by Crippen LogP contribution is 2.52. The van der Waals surface area contributed by atoms with Crippen molar-refractivity contribution in [1.82, 2.24) is 0 Å². The van der Waals surface area contributed by atoms with Crippen LogP contribution in [0.2, 0.25) is 0 Å². The van der Waals surface area contributed by atoms with Crippen molar-refractivity contribution in [3.8, 4) is 22.3 Å². The molecule has 0 atom stereocenters. The molecule has 0 unspecified atom stereocenters. The van der Waals surface area contributed by atoms with Crippen molar-refractivity contribution in [1.29, 1.82) is 0 Å². The summed E-state index contributed by atoms with van der Waals surface area (Å²) >= 11 is 1.87. The third-order valence-electron chi connectivity index (χ3n) is 9.64. The molecule has 9 rings (SSSR count). The highest BCUT2D eigenvalue weighted by Gasteiger charge is 2.36. The number of fused-ring (bicyclic) bond motifs is 7. The zero-order valence-corrected chi connectivity index (χ0v) is 26.1. The lowest BCUT2D eigenvalue weighted by atomic mass is 9.82. The fourth-order valence-corrected chi connectivity index (χ4v) is 8.49. The maximum Gasteiger partial charge on any atom is 0.0554 e. The molecule has 2 heteroatoms. The second kappa shape index (κ2) is 9.92. The van der Waals surface area contributed by atoms with E-state index >= 15 is 0 Å². The van der Waals surface area contributed by atoms with E-state index in [1.54, 1.807) is 0 Å². The van der Waals surface area contributed by atoms with Crippen molar-refractivity contribution in [2.24, 2.45) is 0 Å². The summed E-state index contributed by atoms with van der Waals surface area (Å²) in [4.78, 5) is 2.48. The molecule has 1 aliphatic rings. The van der Waals surface area contributed by atoms with Crippen molar-refractivity contribution in [3.63, 3.8) is 0 Å². The monoisotopic (exact) mass is 593 g/mol. The second-order valence-corrected chi connectivity index (χ2v) is 13.7. The lowest BCUT2D eigenvalue weighted by Gasteiger charge is -2.30. The Kier molecular flexibility index (Phi) is 5.78. The van der Waals surface area contributed by atoms with Crippen LogP contribution in [0.3, 0.4) is 0 Å². The Labute approximate surface area is 267 Å². The first-order valence-corrected chi connectivity index (χ1v) is 16.4. The van der Waals surface area contributed by atoms with E-state index in [1.165, 1.54) is 75.7 Å². The quantitative estimate of drug-likeness (QED) is 0.196. The highest BCUT2D eigenvalue weighted by atomic mass is 32.1. The van der Waals surface area contributed by atoms with E-state index in [1.807, 2.05) is 11.3 Å². The van der Waals surface area contributed by atoms with Crippen LogP contribution in [-0.4, -0.2) is 0 Å². The largest absolute Gasteiger partial charge is 0.310 e. The van der Waals surface area contributed by atoms with Gasteiger partial charge in [0.2, 0.25) is 0 Å².